The van der Waals surface area contributed by atoms with Crippen LogP contribution in [0.2, 0.25) is 0 Å². The second-order valence-corrected chi connectivity index (χ2v) is 12.7. The van der Waals surface area contributed by atoms with Crippen molar-refractivity contribution in [3.63, 3.8) is 0 Å². The number of amides is 1. The molecule has 3 aliphatic rings. The van der Waals surface area contributed by atoms with Crippen molar-refractivity contribution in [3.8, 4) is 11.1 Å². The number of piperidine rings is 1. The average molecular weight is 542 g/mol. The van der Waals surface area contributed by atoms with Crippen molar-refractivity contribution in [2.75, 3.05) is 0 Å². The summed E-state index contributed by atoms with van der Waals surface area (Å²) in [5.41, 5.74) is 3.82. The van der Waals surface area contributed by atoms with E-state index in [1.54, 1.807) is 17.1 Å². The lowest BCUT2D eigenvalue weighted by Gasteiger charge is -2.27. The Kier molecular flexibility index (Phi) is 6.83. The maximum atomic E-state index is 13.9. The largest absolute Gasteiger partial charge is 0.327 e. The SMILES string of the molecule is CC(=O)c1nn(CC(=O)N2[C@H](C(=O)CCCC3CCCC3)C[C@@]3(C)C[C@@H]23)c2c(C)cc(-c3cnc(C)nc3)cc12. The molecule has 3 atom stereocenters. The topological polar surface area (TPSA) is 98.1 Å². The number of nitrogens with zero attached hydrogens (tertiary/aromatic N) is 5. The van der Waals surface area contributed by atoms with Gasteiger partial charge in [-0.25, -0.2) is 9.97 Å². The van der Waals surface area contributed by atoms with Crippen LogP contribution in [-0.2, 0) is 16.1 Å². The number of carbonyl (C=O) groups is 3. The van der Waals surface area contributed by atoms with Crippen molar-refractivity contribution in [3.05, 3.63) is 41.6 Å². The third kappa shape index (κ3) is 4.86. The fraction of sp³-hybridized carbons (Fsp3) is 0.562. The Morgan fingerprint density at radius 1 is 1.02 bits per heavy atom. The van der Waals surface area contributed by atoms with Crippen LogP contribution >= 0.6 is 0 Å². The van der Waals surface area contributed by atoms with Crippen LogP contribution in [0.5, 0.6) is 0 Å². The molecule has 2 aromatic heterocycles. The van der Waals surface area contributed by atoms with E-state index in [-0.39, 0.29) is 41.5 Å². The monoisotopic (exact) mass is 541 g/mol. The van der Waals surface area contributed by atoms with Gasteiger partial charge in [-0.15, -0.1) is 0 Å². The lowest BCUT2D eigenvalue weighted by Crippen LogP contribution is -2.44. The summed E-state index contributed by atoms with van der Waals surface area (Å²) in [6.07, 6.45) is 13.1. The van der Waals surface area contributed by atoms with E-state index in [9.17, 15) is 14.4 Å². The van der Waals surface area contributed by atoms with Crippen LogP contribution in [0.4, 0.5) is 0 Å². The minimum absolute atomic E-state index is 0.00996. The highest BCUT2D eigenvalue weighted by molar-refractivity contribution is 6.07. The quantitative estimate of drug-likeness (QED) is 0.326. The Morgan fingerprint density at radius 3 is 2.45 bits per heavy atom. The van der Waals surface area contributed by atoms with Crippen LogP contribution in [0.15, 0.2) is 24.5 Å². The first-order chi connectivity index (χ1) is 19.1. The number of carbonyl (C=O) groups excluding carboxylic acids is 3. The van der Waals surface area contributed by atoms with E-state index >= 15 is 0 Å². The molecule has 1 amide bonds. The van der Waals surface area contributed by atoms with Crippen LogP contribution < -0.4 is 0 Å². The number of benzene rings is 1. The zero-order valence-corrected chi connectivity index (χ0v) is 24.1. The number of fused-ring (bicyclic) bond motifs is 2. The van der Waals surface area contributed by atoms with Crippen molar-refractivity contribution in [1.29, 1.82) is 0 Å². The molecule has 8 nitrogen and oxygen atoms in total. The molecule has 1 aromatic carbocycles. The summed E-state index contributed by atoms with van der Waals surface area (Å²) in [5.74, 6) is 1.42. The van der Waals surface area contributed by atoms with Crippen LogP contribution in [0.1, 0.15) is 93.5 Å². The van der Waals surface area contributed by atoms with E-state index in [0.29, 0.717) is 23.3 Å². The highest BCUT2D eigenvalue weighted by Crippen LogP contribution is 2.59. The van der Waals surface area contributed by atoms with Crippen LogP contribution in [-0.4, -0.2) is 54.2 Å². The van der Waals surface area contributed by atoms with Crippen molar-refractivity contribution in [2.45, 2.75) is 104 Å². The third-order valence-corrected chi connectivity index (χ3v) is 9.57. The number of ketones is 2. The standard InChI is InChI=1S/C32H39N5O3/c1-19-12-23(24-16-33-21(3)34-17-24)13-25-30(20(2)38)35-36(31(19)25)18-29(40)37-26(14-32(4)15-28(32)37)27(39)11-7-10-22-8-5-6-9-22/h12-13,16-17,22,26,28H,5-11,14-15,18H2,1-4H3/t26-,28+,32-/m0/s1. The van der Waals surface area contributed by atoms with Gasteiger partial charge in [0.2, 0.25) is 5.91 Å². The van der Waals surface area contributed by atoms with Gasteiger partial charge in [0, 0.05) is 42.7 Å². The van der Waals surface area contributed by atoms with Crippen molar-refractivity contribution >= 4 is 28.4 Å². The number of aromatic nitrogens is 4. The van der Waals surface area contributed by atoms with Gasteiger partial charge >= 0.3 is 0 Å². The summed E-state index contributed by atoms with van der Waals surface area (Å²) < 4.78 is 1.67. The molecule has 0 radical (unpaired) electrons. The minimum Gasteiger partial charge on any atom is -0.327 e. The number of aryl methyl sites for hydroxylation is 2. The Hall–Kier alpha value is -3.42. The van der Waals surface area contributed by atoms with Gasteiger partial charge in [-0.1, -0.05) is 39.0 Å². The lowest BCUT2D eigenvalue weighted by atomic mass is 9.94. The molecule has 3 aromatic rings. The summed E-state index contributed by atoms with van der Waals surface area (Å²) in [5, 5.41) is 5.35. The molecule has 1 saturated heterocycles. The molecule has 8 heteroatoms. The molecule has 2 aliphatic carbocycles. The van der Waals surface area contributed by atoms with E-state index in [1.807, 2.05) is 30.9 Å². The second kappa shape index (κ2) is 10.2. The average Bonchev–Trinajstić information content (AvgIpc) is 3.30. The molecule has 40 heavy (non-hydrogen) atoms. The van der Waals surface area contributed by atoms with E-state index in [2.05, 4.69) is 22.0 Å². The predicted molar refractivity (Wildman–Crippen MR) is 153 cm³/mol. The van der Waals surface area contributed by atoms with Gasteiger partial charge in [-0.05, 0) is 67.7 Å². The Balaban J connectivity index is 1.25. The predicted octanol–water partition coefficient (Wildman–Crippen LogP) is 5.62. The molecular weight excluding hydrogens is 502 g/mol. The van der Waals surface area contributed by atoms with Gasteiger partial charge < -0.3 is 4.90 Å². The first-order valence-electron chi connectivity index (χ1n) is 14.8. The molecule has 0 N–H and O–H groups in total. The first-order valence-corrected chi connectivity index (χ1v) is 14.8. The Morgan fingerprint density at radius 2 is 1.75 bits per heavy atom. The zero-order chi connectivity index (χ0) is 28.2. The van der Waals surface area contributed by atoms with Crippen LogP contribution in [0.3, 0.4) is 0 Å². The molecule has 0 bridgehead atoms. The summed E-state index contributed by atoms with van der Waals surface area (Å²) in [6.45, 7) is 7.52. The number of likely N-dealkylation sites (tertiary alicyclic amines) is 1. The molecule has 2 saturated carbocycles. The summed E-state index contributed by atoms with van der Waals surface area (Å²) >= 11 is 0. The van der Waals surface area contributed by atoms with Gasteiger partial charge in [0.1, 0.15) is 18.1 Å². The van der Waals surface area contributed by atoms with Crippen molar-refractivity contribution in [2.24, 2.45) is 11.3 Å². The van der Waals surface area contributed by atoms with Crippen molar-refractivity contribution < 1.29 is 14.4 Å². The zero-order valence-electron chi connectivity index (χ0n) is 24.1. The normalized spacial score (nSPS) is 24.1. The molecule has 210 valence electrons. The van der Waals surface area contributed by atoms with Crippen LogP contribution in [0.25, 0.3) is 22.0 Å². The fourth-order valence-electron chi connectivity index (χ4n) is 7.26. The number of Topliss-reactive ketones (excluding diaryl/α,β-unsaturated/α-hetero) is 2. The smallest absolute Gasteiger partial charge is 0.245 e. The lowest BCUT2D eigenvalue weighted by molar-refractivity contribution is -0.139. The fourth-order valence-corrected chi connectivity index (χ4v) is 7.26. The molecular formula is C32H39N5O3. The van der Waals surface area contributed by atoms with Crippen LogP contribution in [0, 0.1) is 25.2 Å². The maximum Gasteiger partial charge on any atom is 0.245 e. The third-order valence-electron chi connectivity index (χ3n) is 9.57. The van der Waals surface area contributed by atoms with E-state index < -0.39 is 0 Å². The van der Waals surface area contributed by atoms with Crippen molar-refractivity contribution in [1.82, 2.24) is 24.6 Å². The molecule has 0 spiro atoms. The van der Waals surface area contributed by atoms with Gasteiger partial charge in [-0.2, -0.15) is 5.10 Å². The molecule has 3 heterocycles. The minimum atomic E-state index is -0.344. The molecule has 1 aliphatic heterocycles. The number of hydrogen-bond donors (Lipinski definition) is 0. The summed E-state index contributed by atoms with van der Waals surface area (Å²) in [6, 6.07) is 3.73. The molecule has 6 rings (SSSR count). The van der Waals surface area contributed by atoms with Gasteiger partial charge in [0.25, 0.3) is 0 Å². The highest BCUT2D eigenvalue weighted by atomic mass is 16.2. The van der Waals surface area contributed by atoms with Gasteiger partial charge in [0.05, 0.1) is 11.6 Å². The van der Waals surface area contributed by atoms with Gasteiger partial charge in [-0.3, -0.25) is 19.1 Å². The number of hydrogen-bond acceptors (Lipinski definition) is 6. The maximum absolute atomic E-state index is 13.9. The van der Waals surface area contributed by atoms with E-state index in [0.717, 1.165) is 53.8 Å². The Bertz CT molecular complexity index is 1490. The first kappa shape index (κ1) is 26.8. The van der Waals surface area contributed by atoms with E-state index in [1.165, 1.54) is 32.6 Å². The molecule has 0 unspecified atom stereocenters. The summed E-state index contributed by atoms with van der Waals surface area (Å²) in [4.78, 5) is 50.3. The second-order valence-electron chi connectivity index (χ2n) is 12.7. The molecule has 3 fully saturated rings. The Labute approximate surface area is 235 Å². The van der Waals surface area contributed by atoms with E-state index in [4.69, 9.17) is 0 Å². The summed E-state index contributed by atoms with van der Waals surface area (Å²) in [7, 11) is 0. The number of rotatable bonds is 9. The van der Waals surface area contributed by atoms with Gasteiger partial charge in [0.15, 0.2) is 11.6 Å². The highest BCUT2D eigenvalue weighted by Gasteiger charge is 2.64.